The van der Waals surface area contributed by atoms with Crippen LogP contribution in [-0.2, 0) is 21.7 Å². The van der Waals surface area contributed by atoms with E-state index in [1.165, 1.54) is 23.9 Å². The number of aliphatic hydroxyl groups excluding tert-OH is 2. The van der Waals surface area contributed by atoms with Gasteiger partial charge in [-0.1, -0.05) is 89.7 Å². The minimum atomic E-state index is -1.94. The Morgan fingerprint density at radius 3 is 2.18 bits per heavy atom. The molecule has 1 aromatic heterocycles. The Kier molecular flexibility index (Phi) is 9.68. The highest BCUT2D eigenvalue weighted by Gasteiger charge is 2.66. The van der Waals surface area contributed by atoms with Crippen LogP contribution in [0.1, 0.15) is 65.6 Å². The number of carbonyl (C=O) groups excluding carboxylic acids is 2. The van der Waals surface area contributed by atoms with Crippen molar-refractivity contribution in [3.05, 3.63) is 228 Å². The van der Waals surface area contributed by atoms with Crippen LogP contribution in [0, 0.1) is 31.6 Å². The smallest absolute Gasteiger partial charge is 0.335 e. The van der Waals surface area contributed by atoms with Gasteiger partial charge < -0.3 is 50.9 Å². The van der Waals surface area contributed by atoms with Gasteiger partial charge in [0.1, 0.15) is 22.9 Å². The van der Waals surface area contributed by atoms with Gasteiger partial charge in [0, 0.05) is 72.7 Å². The number of carbonyl (C=O) groups is 4. The number of aliphatic carboxylic acids is 1. The summed E-state index contributed by atoms with van der Waals surface area (Å²) in [7, 11) is 0. The molecule has 15 nitrogen and oxygen atoms in total. The van der Waals surface area contributed by atoms with Crippen molar-refractivity contribution >= 4 is 172 Å². The van der Waals surface area contributed by atoms with Crippen molar-refractivity contribution in [2.24, 2.45) is 17.8 Å². The van der Waals surface area contributed by atoms with Gasteiger partial charge in [0.25, 0.3) is 5.91 Å². The molecular formula is C81H48N4O11S. The standard InChI is InChI=1S/C81H48N4O11S/c1-29-15-30(2)17-31(16-29)27-85-51-10-6-5-9-50(51)84-80(85)97-28-54(89)82-48-7-3-4-8-49(48)83-77(91)47-25-41-40-24-35(86)18-32-19-46-62-63(55(32)40)66-60(41)64-57(47)37-13-14-52(87)44-21-33-20-43-36(79(94)95)11-12-38-59-53(88)26-42-39-22-34(78(92)93)23-45(76(46)90)58(39)65(62)67-61(42)71(59)75-72(68(66)67)69(64)70(56(37)44)73(33)81(75,96)74(38)43/h3-26,53,56,70,73-74,86-88,90,96H,27-28H2,1-2H3,(H,82,89)(H,83,91)(H,92,93)(H,94,95). The molecular weight excluding hydrogens is 1240 g/mol. The zero-order chi connectivity index (χ0) is 65.3. The lowest BCUT2D eigenvalue weighted by Gasteiger charge is -2.61. The number of para-hydroxylation sites is 4. The van der Waals surface area contributed by atoms with E-state index in [1.807, 2.05) is 54.6 Å². The van der Waals surface area contributed by atoms with Crippen LogP contribution < -0.4 is 15.9 Å². The first-order valence-corrected chi connectivity index (χ1v) is 33.3. The predicted molar refractivity (Wildman–Crippen MR) is 376 cm³/mol. The molecule has 1 heterocycles. The van der Waals surface area contributed by atoms with Crippen molar-refractivity contribution in [3.8, 4) is 11.5 Å². The van der Waals surface area contributed by atoms with Crippen molar-refractivity contribution in [1.29, 1.82) is 0 Å². The van der Waals surface area contributed by atoms with Crippen molar-refractivity contribution in [2.45, 2.75) is 43.2 Å². The molecule has 16 heteroatoms. The van der Waals surface area contributed by atoms with Crippen LogP contribution in [0.4, 0.5) is 11.4 Å². The first-order chi connectivity index (χ1) is 46.9. The fraction of sp³-hybridized carbons (Fsp3) is 0.123. The van der Waals surface area contributed by atoms with Crippen LogP contribution in [0.2, 0.25) is 0 Å². The van der Waals surface area contributed by atoms with Crippen molar-refractivity contribution in [3.63, 3.8) is 0 Å². The molecule has 0 saturated carbocycles. The summed E-state index contributed by atoms with van der Waals surface area (Å²) in [5.74, 6) is -6.79. The number of thioether (sulfide) groups is 1. The van der Waals surface area contributed by atoms with Gasteiger partial charge in [0.05, 0.1) is 51.9 Å². The van der Waals surface area contributed by atoms with E-state index >= 15 is 9.90 Å². The second-order valence-electron chi connectivity index (χ2n) is 27.7. The summed E-state index contributed by atoms with van der Waals surface area (Å²) in [6.45, 7) is 4.70. The molecule has 22 rings (SSSR count). The number of rotatable bonds is 10. The molecule has 14 aromatic rings. The average molecular weight is 1290 g/mol. The number of carboxylic acids is 2. The number of phenolic OH excluding ortho intramolecular Hbond substituents is 2. The van der Waals surface area contributed by atoms with E-state index in [0.29, 0.717) is 132 Å². The molecule has 0 radical (unpaired) electrons. The molecule has 9 N–H and O–H groups in total. The van der Waals surface area contributed by atoms with Crippen LogP contribution in [0.25, 0.3) is 125 Å². The van der Waals surface area contributed by atoms with E-state index in [1.54, 1.807) is 60.7 Å². The maximum Gasteiger partial charge on any atom is 0.335 e. The quantitative estimate of drug-likeness (QED) is 0.0351. The second-order valence-corrected chi connectivity index (χ2v) is 28.7. The number of aliphatic hydroxyl groups is 3. The third kappa shape index (κ3) is 6.23. The molecule has 0 bridgehead atoms. The number of aromatic nitrogens is 2. The summed E-state index contributed by atoms with van der Waals surface area (Å²) in [5, 5.41) is 107. The van der Waals surface area contributed by atoms with E-state index in [9.17, 15) is 45.0 Å². The van der Waals surface area contributed by atoms with E-state index < -0.39 is 53.2 Å². The maximum atomic E-state index is 16.4. The number of carboxylic acid groups (broad SMARTS) is 2. The number of hydrogen-bond acceptors (Lipinski definition) is 11. The SMILES string of the molecule is Cc1cc(C)cc(Cn2c(SCC(=O)Nc3ccccc3NC(=O)c3cc4c5cc(O)cc6cc7c(O)c8cc(C(=O)O)cc9c%10c%11c%12c%13c%14c%15c(c3C3=CC=C(O)C%16=CC%17=CC%18=C(C(=O)O)C=CC(=C%12C(O)C=%10)C%18C%13(O)C%17C%15C%163)c4c3c%14c%11c(c89)c7c3c65)nc3ccccc32)c1. The van der Waals surface area contributed by atoms with Crippen LogP contribution in [-0.4, -0.2) is 80.9 Å². The maximum absolute atomic E-state index is 16.4. The second kappa shape index (κ2) is 17.5. The van der Waals surface area contributed by atoms with Gasteiger partial charge in [-0.05, 0) is 213 Å². The Hall–Kier alpha value is -11.6. The third-order valence-corrected chi connectivity index (χ3v) is 23.9. The normalized spacial score (nSPS) is 21.4. The summed E-state index contributed by atoms with van der Waals surface area (Å²) in [6, 6.07) is 31.6. The summed E-state index contributed by atoms with van der Waals surface area (Å²) in [5.41, 5.74) is 9.64. The van der Waals surface area contributed by atoms with Gasteiger partial charge in [0.2, 0.25) is 5.91 Å². The number of fused-ring (bicyclic) bond motifs is 4. The summed E-state index contributed by atoms with van der Waals surface area (Å²) in [6.07, 6.45) is 10.9. The molecule has 0 fully saturated rings. The first-order valence-electron chi connectivity index (χ1n) is 32.3. The molecule has 13 aromatic carbocycles. The number of amides is 2. The third-order valence-electron chi connectivity index (χ3n) is 22.9. The van der Waals surface area contributed by atoms with Gasteiger partial charge in [-0.25, -0.2) is 14.6 Å². The fourth-order valence-corrected chi connectivity index (χ4v) is 20.8. The van der Waals surface area contributed by atoms with E-state index in [2.05, 4.69) is 47.2 Å². The van der Waals surface area contributed by atoms with Gasteiger partial charge in [-0.3, -0.25) is 9.59 Å². The summed E-state index contributed by atoms with van der Waals surface area (Å²) < 4.78 is 2.13. The molecule has 8 aliphatic rings. The van der Waals surface area contributed by atoms with Crippen molar-refractivity contribution in [2.75, 3.05) is 16.4 Å². The number of anilines is 2. The minimum Gasteiger partial charge on any atom is -0.508 e. The number of imidazole rings is 1. The molecule has 2 amide bonds. The van der Waals surface area contributed by atoms with E-state index in [4.69, 9.17) is 4.98 Å². The predicted octanol–water partition coefficient (Wildman–Crippen LogP) is 14.4. The molecule has 97 heavy (non-hydrogen) atoms. The monoisotopic (exact) mass is 1280 g/mol. The number of aryl methyl sites for hydroxylation is 2. The number of allylic oxidation sites excluding steroid dienone is 7. The van der Waals surface area contributed by atoms with Crippen LogP contribution >= 0.6 is 11.8 Å². The van der Waals surface area contributed by atoms with Gasteiger partial charge in [-0.2, -0.15) is 0 Å². The Morgan fingerprint density at radius 2 is 1.37 bits per heavy atom. The molecule has 0 aliphatic heterocycles. The molecule has 464 valence electrons. The summed E-state index contributed by atoms with van der Waals surface area (Å²) >= 11 is 1.32. The zero-order valence-electron chi connectivity index (χ0n) is 51.2. The molecule has 0 saturated heterocycles. The highest BCUT2D eigenvalue weighted by molar-refractivity contribution is 7.99. The molecule has 8 aliphatic carbocycles. The number of benzene rings is 13. The number of aromatic carboxylic acids is 1. The Morgan fingerprint density at radius 1 is 0.660 bits per heavy atom. The minimum absolute atomic E-state index is 0.00716. The van der Waals surface area contributed by atoms with Crippen LogP contribution in [0.3, 0.4) is 0 Å². The topological polar surface area (TPSA) is 252 Å². The van der Waals surface area contributed by atoms with Gasteiger partial charge in [-0.15, -0.1) is 0 Å². The number of phenols is 2. The number of hydrogen-bond donors (Lipinski definition) is 9. The van der Waals surface area contributed by atoms with Crippen LogP contribution in [0.5, 0.6) is 11.5 Å². The highest BCUT2D eigenvalue weighted by Crippen LogP contribution is 2.75. The fourth-order valence-electron chi connectivity index (χ4n) is 20.0. The lowest BCUT2D eigenvalue weighted by Crippen LogP contribution is -2.57. The molecule has 6 unspecified atom stereocenters. The van der Waals surface area contributed by atoms with Gasteiger partial charge in [0.15, 0.2) is 5.16 Å². The van der Waals surface area contributed by atoms with Crippen molar-refractivity contribution < 1.29 is 54.9 Å². The molecule has 0 spiro atoms. The number of nitrogens with zero attached hydrogens (tertiary/aromatic N) is 2. The number of aromatic hydroxyl groups is 2. The largest absolute Gasteiger partial charge is 0.508 e. The highest BCUT2D eigenvalue weighted by atomic mass is 32.2. The Bertz CT molecular complexity index is 6630. The Labute approximate surface area is 550 Å². The average Bonchev–Trinajstić information content (AvgIpc) is 0.708. The molecule has 6 atom stereocenters. The summed E-state index contributed by atoms with van der Waals surface area (Å²) in [4.78, 5) is 62.7. The van der Waals surface area contributed by atoms with E-state index in [-0.39, 0.29) is 51.0 Å². The number of nitrogens with one attached hydrogen (secondary N) is 2. The Balaban J connectivity index is 0.822. The lowest BCUT2D eigenvalue weighted by molar-refractivity contribution is -0.132. The lowest BCUT2D eigenvalue weighted by atomic mass is 9.43. The van der Waals surface area contributed by atoms with E-state index in [0.717, 1.165) is 71.0 Å². The van der Waals surface area contributed by atoms with Gasteiger partial charge >= 0.3 is 11.9 Å². The first kappa shape index (κ1) is 53.8. The van der Waals surface area contributed by atoms with Crippen LogP contribution in [0.15, 0.2) is 178 Å². The van der Waals surface area contributed by atoms with Crippen molar-refractivity contribution in [1.82, 2.24) is 9.55 Å². The zero-order valence-corrected chi connectivity index (χ0v) is 52.0.